The molecule has 0 spiro atoms. The molecule has 4 aliphatic rings. The fourth-order valence-electron chi connectivity index (χ4n) is 6.78. The van der Waals surface area contributed by atoms with Gasteiger partial charge in [-0.25, -0.2) is 10.1 Å². The van der Waals surface area contributed by atoms with Crippen molar-refractivity contribution in [3.63, 3.8) is 0 Å². The summed E-state index contributed by atoms with van der Waals surface area (Å²) in [5, 5.41) is 25.7. The van der Waals surface area contributed by atoms with E-state index in [1.807, 2.05) is 0 Å². The third-order valence-corrected chi connectivity index (χ3v) is 9.21. The third kappa shape index (κ3) is 9.49. The lowest BCUT2D eigenvalue weighted by atomic mass is 9.43. The summed E-state index contributed by atoms with van der Waals surface area (Å²) in [4.78, 5) is 36.9. The molecule has 1 saturated heterocycles. The smallest absolute Gasteiger partial charge is 0.404 e. The van der Waals surface area contributed by atoms with Gasteiger partial charge in [0.05, 0.1) is 44.1 Å². The molecule has 3 aliphatic carbocycles. The first kappa shape index (κ1) is 35.9. The van der Waals surface area contributed by atoms with E-state index in [1.54, 1.807) is 12.5 Å². The number of carbonyl (C=O) groups excluding carboxylic acids is 2. The summed E-state index contributed by atoms with van der Waals surface area (Å²) in [6.07, 6.45) is 3.20. The minimum atomic E-state index is -0.913. The number of hydrogen-bond acceptors (Lipinski definition) is 10. The van der Waals surface area contributed by atoms with Crippen LogP contribution in [-0.2, 0) is 33.1 Å². The highest BCUT2D eigenvalue weighted by atomic mass is 16.7. The van der Waals surface area contributed by atoms with Crippen molar-refractivity contribution in [2.24, 2.45) is 23.2 Å². The van der Waals surface area contributed by atoms with Crippen molar-refractivity contribution in [3.05, 3.63) is 10.1 Å². The number of nitrogens with one attached hydrogen (secondary N) is 5. The quantitative estimate of drug-likeness (QED) is 0.0343. The molecule has 0 unspecified atom stereocenters. The summed E-state index contributed by atoms with van der Waals surface area (Å²) >= 11 is 0. The van der Waals surface area contributed by atoms with Crippen LogP contribution in [0.2, 0.25) is 0 Å². The van der Waals surface area contributed by atoms with Gasteiger partial charge < -0.3 is 39.5 Å². The number of rotatable bonds is 19. The van der Waals surface area contributed by atoms with Gasteiger partial charge in [-0.05, 0) is 62.2 Å². The lowest BCUT2D eigenvalue weighted by molar-refractivity contribution is -0.525. The van der Waals surface area contributed by atoms with E-state index in [-0.39, 0.29) is 49.5 Å². The van der Waals surface area contributed by atoms with Gasteiger partial charge in [-0.15, -0.1) is 0 Å². The van der Waals surface area contributed by atoms with Crippen LogP contribution in [0.15, 0.2) is 0 Å². The normalized spacial score (nSPS) is 26.2. The summed E-state index contributed by atoms with van der Waals surface area (Å²) in [5.74, 6) is -0.530. The summed E-state index contributed by atoms with van der Waals surface area (Å²) in [6, 6.07) is -0.913. The number of ether oxygens (including phenoxy) is 3. The van der Waals surface area contributed by atoms with Crippen LogP contribution >= 0.6 is 0 Å². The molecule has 16 heteroatoms. The number of methoxy groups -OCH3 is 1. The number of amides is 2. The Morgan fingerprint density at radius 1 is 1.11 bits per heavy atom. The molecule has 15 nitrogen and oxygen atoms in total. The molecule has 0 radical (unpaired) electrons. The first-order valence-corrected chi connectivity index (χ1v) is 15.6. The molecule has 4 fully saturated rings. The van der Waals surface area contributed by atoms with E-state index in [1.165, 1.54) is 0 Å². The second-order valence-corrected chi connectivity index (χ2v) is 13.2. The predicted octanol–water partition coefficient (Wildman–Crippen LogP) is 1.04. The highest BCUT2D eigenvalue weighted by molar-refractivity contribution is 6.48. The zero-order chi connectivity index (χ0) is 32.5. The van der Waals surface area contributed by atoms with Gasteiger partial charge in [0.1, 0.15) is 12.6 Å². The van der Waals surface area contributed by atoms with Crippen LogP contribution in [0.1, 0.15) is 66.7 Å². The minimum Gasteiger partial charge on any atom is -0.404 e. The molecule has 0 aromatic rings. The molecule has 44 heavy (non-hydrogen) atoms. The van der Waals surface area contributed by atoms with Crippen LogP contribution < -0.4 is 21.4 Å². The zero-order valence-corrected chi connectivity index (χ0v) is 26.9. The number of hydrogen-bond donors (Lipinski definition) is 5. The molecule has 0 aromatic carbocycles. The van der Waals surface area contributed by atoms with Crippen LogP contribution in [-0.4, -0.2) is 100 Å². The molecule has 4 rings (SSSR count). The van der Waals surface area contributed by atoms with E-state index in [0.717, 1.165) is 12.8 Å². The van der Waals surface area contributed by atoms with Gasteiger partial charge in [-0.1, -0.05) is 33.1 Å². The largest absolute Gasteiger partial charge is 0.481 e. The highest BCUT2D eigenvalue weighted by Crippen LogP contribution is 2.65. The Balaban J connectivity index is 1.61. The Hall–Kier alpha value is -2.53. The molecule has 2 amide bonds. The molecule has 0 aromatic heterocycles. The first-order valence-electron chi connectivity index (χ1n) is 15.6. The number of nitrogens with zero attached hydrogens (tertiary/aromatic N) is 1. The van der Waals surface area contributed by atoms with Crippen LogP contribution in [0, 0.1) is 38.7 Å². The number of nitro groups is 1. The van der Waals surface area contributed by atoms with E-state index in [4.69, 9.17) is 28.9 Å². The topological polar surface area (TPSA) is 195 Å². The Morgan fingerprint density at radius 2 is 1.82 bits per heavy atom. The number of guanidine groups is 1. The van der Waals surface area contributed by atoms with Gasteiger partial charge in [-0.2, -0.15) is 0 Å². The van der Waals surface area contributed by atoms with Crippen molar-refractivity contribution >= 4 is 24.9 Å². The van der Waals surface area contributed by atoms with E-state index < -0.39 is 41.6 Å². The maximum absolute atomic E-state index is 13.7. The van der Waals surface area contributed by atoms with Crippen molar-refractivity contribution in [2.75, 3.05) is 46.7 Å². The maximum Gasteiger partial charge on any atom is 0.481 e. The van der Waals surface area contributed by atoms with Crippen molar-refractivity contribution in [3.8, 4) is 0 Å². The fourth-order valence-corrected chi connectivity index (χ4v) is 6.78. The predicted molar refractivity (Wildman–Crippen MR) is 162 cm³/mol. The molecule has 2 bridgehead atoms. The lowest BCUT2D eigenvalue weighted by Crippen LogP contribution is -2.65. The fraction of sp³-hybridized carbons (Fsp3) is 0.893. The Bertz CT molecular complexity index is 1000. The summed E-state index contributed by atoms with van der Waals surface area (Å²) in [6.45, 7) is 12.2. The van der Waals surface area contributed by atoms with Gasteiger partial charge in [-0.3, -0.25) is 15.0 Å². The van der Waals surface area contributed by atoms with Crippen LogP contribution in [0.5, 0.6) is 0 Å². The Kier molecular flexibility index (Phi) is 13.2. The summed E-state index contributed by atoms with van der Waals surface area (Å²) in [7, 11) is 0.967. The molecular weight excluding hydrogens is 575 g/mol. The number of carbonyl (C=O) groups is 2. The van der Waals surface area contributed by atoms with E-state index in [0.29, 0.717) is 44.5 Å². The van der Waals surface area contributed by atoms with Crippen LogP contribution in [0.4, 0.5) is 0 Å². The van der Waals surface area contributed by atoms with Gasteiger partial charge in [0.2, 0.25) is 11.8 Å². The summed E-state index contributed by atoms with van der Waals surface area (Å²) < 4.78 is 28.8. The molecule has 1 heterocycles. The second-order valence-electron chi connectivity index (χ2n) is 13.2. The zero-order valence-electron chi connectivity index (χ0n) is 26.9. The Morgan fingerprint density at radius 3 is 2.48 bits per heavy atom. The second kappa shape index (κ2) is 16.2. The monoisotopic (exact) mass is 626 g/mol. The molecule has 1 aliphatic heterocycles. The van der Waals surface area contributed by atoms with Crippen molar-refractivity contribution < 1.29 is 38.1 Å². The van der Waals surface area contributed by atoms with Gasteiger partial charge in [0.25, 0.3) is 5.96 Å². The molecule has 5 N–H and O–H groups in total. The maximum atomic E-state index is 13.7. The molecule has 250 valence electrons. The third-order valence-electron chi connectivity index (χ3n) is 9.21. The van der Waals surface area contributed by atoms with Gasteiger partial charge in [0, 0.05) is 13.7 Å². The highest BCUT2D eigenvalue weighted by Gasteiger charge is 2.68. The van der Waals surface area contributed by atoms with E-state index in [9.17, 15) is 19.7 Å². The first-order chi connectivity index (χ1) is 20.8. The van der Waals surface area contributed by atoms with E-state index in [2.05, 4.69) is 50.6 Å². The average Bonchev–Trinajstić information content (AvgIpc) is 3.30. The molecular formula is C28H51BN6O9. The summed E-state index contributed by atoms with van der Waals surface area (Å²) in [5.41, 5.74) is 1.49. The van der Waals surface area contributed by atoms with Crippen molar-refractivity contribution in [2.45, 2.75) is 90.4 Å². The van der Waals surface area contributed by atoms with Crippen molar-refractivity contribution in [1.29, 1.82) is 5.41 Å². The Labute approximate surface area is 260 Å². The average molecular weight is 627 g/mol. The SMILES string of the molecule is COCCOCCOCC(=O)N[C@@H](CCCNC(=N)N[N+](=O)[O-])C(=O)N[C@@H](CC(C)C)B1O[C@@H]2C[C@@H]3C[C@@H](C3(C)C)[C@]2(C)O1. The number of hydrazine groups is 1. The van der Waals surface area contributed by atoms with Crippen molar-refractivity contribution in [1.82, 2.24) is 21.4 Å². The minimum absolute atomic E-state index is 0.0314. The van der Waals surface area contributed by atoms with Crippen LogP contribution in [0.3, 0.4) is 0 Å². The molecule has 3 saturated carbocycles. The van der Waals surface area contributed by atoms with E-state index >= 15 is 0 Å². The van der Waals surface area contributed by atoms with Gasteiger partial charge in [0.15, 0.2) is 5.03 Å². The molecule has 6 atom stereocenters. The van der Waals surface area contributed by atoms with Gasteiger partial charge >= 0.3 is 7.12 Å². The standard InChI is InChI=1S/C28H51BN6O9/c1-18(2)14-23(29-43-22-16-19-15-21(27(19,3)4)28(22,5)44-29)33-25(37)20(8-7-9-31-26(30)34-35(38)39)32-24(36)17-42-13-12-41-11-10-40-6/h18-23H,7-17H2,1-6H3,(H,32,36)(H,33,37)(H3,30,31,34)/t19-,20-,21-,22+,23-,28-/m0/s1. The lowest BCUT2D eigenvalue weighted by Gasteiger charge is -2.64. The van der Waals surface area contributed by atoms with Crippen LogP contribution in [0.25, 0.3) is 0 Å².